The molecule has 0 atom stereocenters. The van der Waals surface area contributed by atoms with Crippen molar-refractivity contribution in [1.82, 2.24) is 5.43 Å². The van der Waals surface area contributed by atoms with Crippen molar-refractivity contribution >= 4 is 17.3 Å². The van der Waals surface area contributed by atoms with Crippen molar-refractivity contribution in [3.05, 3.63) is 69.8 Å². The van der Waals surface area contributed by atoms with Gasteiger partial charge in [0.25, 0.3) is 11.6 Å². The van der Waals surface area contributed by atoms with Crippen LogP contribution in [0.1, 0.15) is 22.8 Å². The molecule has 0 aliphatic rings. The molecule has 118 valence electrons. The van der Waals surface area contributed by atoms with Crippen LogP contribution in [0.15, 0.2) is 53.6 Å². The summed E-state index contributed by atoms with van der Waals surface area (Å²) in [6, 6.07) is 12.8. The molecule has 2 rings (SSSR count). The first-order chi connectivity index (χ1) is 11.0. The third-order valence-corrected chi connectivity index (χ3v) is 3.15. The molecule has 0 bridgehead atoms. The zero-order chi connectivity index (χ0) is 16.8. The number of hydrogen-bond acceptors (Lipinski definition) is 5. The monoisotopic (exact) mass is 313 g/mol. The highest BCUT2D eigenvalue weighted by Gasteiger charge is 2.11. The van der Waals surface area contributed by atoms with Gasteiger partial charge >= 0.3 is 0 Å². The number of nitrogens with zero attached hydrogens (tertiary/aromatic N) is 2. The van der Waals surface area contributed by atoms with Gasteiger partial charge in [0.1, 0.15) is 5.75 Å². The SMILES string of the molecule is COc1ccccc1C(=O)N/N=C(\C)c1cccc([N+](=O)[O-])c1. The van der Waals surface area contributed by atoms with E-state index in [1.54, 1.807) is 43.3 Å². The summed E-state index contributed by atoms with van der Waals surface area (Å²) >= 11 is 0. The van der Waals surface area contributed by atoms with Crippen LogP contribution in [-0.2, 0) is 0 Å². The molecule has 1 N–H and O–H groups in total. The molecule has 0 fully saturated rings. The summed E-state index contributed by atoms with van der Waals surface area (Å²) in [5, 5.41) is 14.8. The Labute approximate surface area is 132 Å². The van der Waals surface area contributed by atoms with E-state index in [9.17, 15) is 14.9 Å². The molecule has 0 saturated carbocycles. The van der Waals surface area contributed by atoms with Crippen LogP contribution in [0.2, 0.25) is 0 Å². The Morgan fingerprint density at radius 1 is 1.22 bits per heavy atom. The Bertz CT molecular complexity index is 771. The quantitative estimate of drug-likeness (QED) is 0.521. The van der Waals surface area contributed by atoms with Crippen LogP contribution >= 0.6 is 0 Å². The third-order valence-electron chi connectivity index (χ3n) is 3.15. The van der Waals surface area contributed by atoms with E-state index in [-0.39, 0.29) is 5.69 Å². The maximum Gasteiger partial charge on any atom is 0.275 e. The van der Waals surface area contributed by atoms with Gasteiger partial charge in [-0.15, -0.1) is 0 Å². The van der Waals surface area contributed by atoms with Gasteiger partial charge in [-0.25, -0.2) is 5.43 Å². The molecular weight excluding hydrogens is 298 g/mol. The molecule has 7 nitrogen and oxygen atoms in total. The van der Waals surface area contributed by atoms with Gasteiger partial charge in [-0.2, -0.15) is 5.10 Å². The lowest BCUT2D eigenvalue weighted by Gasteiger charge is -2.07. The number of rotatable bonds is 5. The van der Waals surface area contributed by atoms with Crippen LogP contribution in [0, 0.1) is 10.1 Å². The Morgan fingerprint density at radius 3 is 2.65 bits per heavy atom. The van der Waals surface area contributed by atoms with Gasteiger partial charge in [0, 0.05) is 17.7 Å². The number of benzene rings is 2. The van der Waals surface area contributed by atoms with Crippen molar-refractivity contribution < 1.29 is 14.5 Å². The van der Waals surface area contributed by atoms with Gasteiger partial charge in [-0.05, 0) is 19.1 Å². The Kier molecular flexibility index (Phi) is 5.03. The molecule has 2 aromatic rings. The smallest absolute Gasteiger partial charge is 0.275 e. The lowest BCUT2D eigenvalue weighted by atomic mass is 10.1. The van der Waals surface area contributed by atoms with Crippen LogP contribution in [0.3, 0.4) is 0 Å². The Balaban J connectivity index is 2.17. The first-order valence-corrected chi connectivity index (χ1v) is 6.75. The molecule has 23 heavy (non-hydrogen) atoms. The second kappa shape index (κ2) is 7.17. The highest BCUT2D eigenvalue weighted by Crippen LogP contribution is 2.17. The minimum Gasteiger partial charge on any atom is -0.496 e. The Morgan fingerprint density at radius 2 is 1.96 bits per heavy atom. The summed E-state index contributed by atoms with van der Waals surface area (Å²) in [6.07, 6.45) is 0. The van der Waals surface area contributed by atoms with Crippen molar-refractivity contribution in [3.63, 3.8) is 0 Å². The van der Waals surface area contributed by atoms with E-state index in [0.29, 0.717) is 22.6 Å². The summed E-state index contributed by atoms with van der Waals surface area (Å²) in [5.74, 6) is 0.0143. The molecule has 0 radical (unpaired) electrons. The van der Waals surface area contributed by atoms with Crippen LogP contribution < -0.4 is 10.2 Å². The number of nitrogens with one attached hydrogen (secondary N) is 1. The van der Waals surface area contributed by atoms with E-state index in [2.05, 4.69) is 10.5 Å². The minimum atomic E-state index is -0.482. The molecule has 0 aromatic heterocycles. The second-order valence-corrected chi connectivity index (χ2v) is 4.65. The maximum absolute atomic E-state index is 12.1. The van der Waals surface area contributed by atoms with E-state index in [1.165, 1.54) is 19.2 Å². The molecule has 0 spiro atoms. The predicted molar refractivity (Wildman–Crippen MR) is 85.8 cm³/mol. The van der Waals surface area contributed by atoms with Crippen LogP contribution in [0.25, 0.3) is 0 Å². The number of hydrazone groups is 1. The summed E-state index contributed by atoms with van der Waals surface area (Å²) in [4.78, 5) is 22.4. The van der Waals surface area contributed by atoms with E-state index in [4.69, 9.17) is 4.74 Å². The van der Waals surface area contributed by atoms with E-state index in [0.717, 1.165) is 0 Å². The molecule has 2 aromatic carbocycles. The fourth-order valence-corrected chi connectivity index (χ4v) is 1.94. The van der Waals surface area contributed by atoms with Crippen molar-refractivity contribution in [3.8, 4) is 5.75 Å². The average Bonchev–Trinajstić information content (AvgIpc) is 2.59. The molecule has 0 saturated heterocycles. The van der Waals surface area contributed by atoms with E-state index in [1.807, 2.05) is 0 Å². The lowest BCUT2D eigenvalue weighted by Crippen LogP contribution is -2.20. The second-order valence-electron chi connectivity index (χ2n) is 4.65. The standard InChI is InChI=1S/C16H15N3O4/c1-11(12-6-5-7-13(10-12)19(21)22)17-18-16(20)14-8-3-4-9-15(14)23-2/h3-10H,1-2H3,(H,18,20)/b17-11+. The fraction of sp³-hybridized carbons (Fsp3) is 0.125. The third kappa shape index (κ3) is 3.91. The minimum absolute atomic E-state index is 0.0342. The Hall–Kier alpha value is -3.22. The first-order valence-electron chi connectivity index (χ1n) is 6.75. The number of non-ortho nitro benzene ring substituents is 1. The molecule has 7 heteroatoms. The van der Waals surface area contributed by atoms with Gasteiger partial charge < -0.3 is 4.74 Å². The van der Waals surface area contributed by atoms with Gasteiger partial charge in [-0.3, -0.25) is 14.9 Å². The van der Waals surface area contributed by atoms with Crippen LogP contribution in [0.4, 0.5) is 5.69 Å². The zero-order valence-corrected chi connectivity index (χ0v) is 12.6. The average molecular weight is 313 g/mol. The number of carbonyl (C=O) groups excluding carboxylic acids is 1. The number of para-hydroxylation sites is 1. The number of carbonyl (C=O) groups is 1. The van der Waals surface area contributed by atoms with Crippen molar-refractivity contribution in [2.45, 2.75) is 6.92 Å². The summed E-state index contributed by atoms with van der Waals surface area (Å²) in [6.45, 7) is 1.65. The number of amides is 1. The highest BCUT2D eigenvalue weighted by molar-refractivity contribution is 6.01. The van der Waals surface area contributed by atoms with Crippen molar-refractivity contribution in [2.24, 2.45) is 5.10 Å². The lowest BCUT2D eigenvalue weighted by molar-refractivity contribution is -0.384. The topological polar surface area (TPSA) is 93.8 Å². The normalized spacial score (nSPS) is 11.0. The highest BCUT2D eigenvalue weighted by atomic mass is 16.6. The van der Waals surface area contributed by atoms with E-state index < -0.39 is 10.8 Å². The number of nitro benzene ring substituents is 1. The molecule has 0 aliphatic heterocycles. The van der Waals surface area contributed by atoms with Gasteiger partial charge in [0.15, 0.2) is 0 Å². The fourth-order valence-electron chi connectivity index (χ4n) is 1.94. The van der Waals surface area contributed by atoms with E-state index >= 15 is 0 Å². The summed E-state index contributed by atoms with van der Waals surface area (Å²) < 4.78 is 5.12. The predicted octanol–water partition coefficient (Wildman–Crippen LogP) is 2.76. The molecule has 0 aliphatic carbocycles. The molecule has 1 amide bonds. The summed E-state index contributed by atoms with van der Waals surface area (Å²) in [7, 11) is 1.48. The van der Waals surface area contributed by atoms with Gasteiger partial charge in [0.2, 0.25) is 0 Å². The molecule has 0 heterocycles. The molecule has 0 unspecified atom stereocenters. The number of ether oxygens (including phenoxy) is 1. The first kappa shape index (κ1) is 16.2. The van der Waals surface area contributed by atoms with Crippen molar-refractivity contribution in [2.75, 3.05) is 7.11 Å². The van der Waals surface area contributed by atoms with Crippen LogP contribution in [0.5, 0.6) is 5.75 Å². The zero-order valence-electron chi connectivity index (χ0n) is 12.6. The maximum atomic E-state index is 12.1. The van der Waals surface area contributed by atoms with Crippen LogP contribution in [-0.4, -0.2) is 23.7 Å². The summed E-state index contributed by atoms with van der Waals surface area (Å²) in [5.41, 5.74) is 3.75. The number of nitro groups is 1. The molecular formula is C16H15N3O4. The van der Waals surface area contributed by atoms with Crippen molar-refractivity contribution in [1.29, 1.82) is 0 Å². The number of methoxy groups -OCH3 is 1. The van der Waals surface area contributed by atoms with Gasteiger partial charge in [0.05, 0.1) is 23.3 Å². The van der Waals surface area contributed by atoms with Gasteiger partial charge in [-0.1, -0.05) is 24.3 Å². The number of hydrogen-bond donors (Lipinski definition) is 1. The largest absolute Gasteiger partial charge is 0.496 e.